The molecular formula is C9H17NO. The van der Waals surface area contributed by atoms with E-state index in [1.54, 1.807) is 0 Å². The summed E-state index contributed by atoms with van der Waals surface area (Å²) in [5.74, 6) is 0. The van der Waals surface area contributed by atoms with Crippen molar-refractivity contribution in [3.05, 3.63) is 11.6 Å². The second-order valence-corrected chi connectivity index (χ2v) is 2.60. The third-order valence-corrected chi connectivity index (χ3v) is 1.40. The Balaban J connectivity index is 3.19. The minimum atomic E-state index is 0.822. The van der Waals surface area contributed by atoms with Crippen molar-refractivity contribution in [2.75, 3.05) is 13.1 Å². The molecular weight excluding hydrogens is 138 g/mol. The quantitative estimate of drug-likeness (QED) is 0.358. The van der Waals surface area contributed by atoms with E-state index in [2.05, 4.69) is 12.2 Å². The van der Waals surface area contributed by atoms with E-state index in [0.717, 1.165) is 37.8 Å². The first-order chi connectivity index (χ1) is 5.31. The van der Waals surface area contributed by atoms with Crippen LogP contribution in [0.1, 0.15) is 26.7 Å². The van der Waals surface area contributed by atoms with E-state index in [1.807, 2.05) is 13.0 Å². The molecule has 0 aromatic carbocycles. The van der Waals surface area contributed by atoms with Crippen LogP contribution < -0.4 is 5.32 Å². The molecule has 0 amide bonds. The summed E-state index contributed by atoms with van der Waals surface area (Å²) in [4.78, 5) is 10.1. The lowest BCUT2D eigenvalue weighted by molar-refractivity contribution is -0.104. The molecule has 64 valence electrons. The molecule has 2 nitrogen and oxygen atoms in total. The van der Waals surface area contributed by atoms with Crippen molar-refractivity contribution in [2.24, 2.45) is 0 Å². The molecule has 1 N–H and O–H groups in total. The van der Waals surface area contributed by atoms with Gasteiger partial charge in [0, 0.05) is 0 Å². The molecule has 0 radical (unpaired) electrons. The Kier molecular flexibility index (Phi) is 7.05. The minimum absolute atomic E-state index is 0.822. The second-order valence-electron chi connectivity index (χ2n) is 2.60. The highest BCUT2D eigenvalue weighted by atomic mass is 16.1. The highest BCUT2D eigenvalue weighted by molar-refractivity contribution is 5.71. The summed E-state index contributed by atoms with van der Waals surface area (Å²) in [6.45, 7) is 6.00. The highest BCUT2D eigenvalue weighted by Crippen LogP contribution is 1.89. The molecule has 0 rings (SSSR count). The number of hydrogen-bond donors (Lipinski definition) is 1. The molecule has 0 saturated carbocycles. The van der Waals surface area contributed by atoms with E-state index in [-0.39, 0.29) is 0 Å². The number of nitrogens with one attached hydrogen (secondary N) is 1. The molecule has 0 bridgehead atoms. The van der Waals surface area contributed by atoms with Crippen molar-refractivity contribution in [1.29, 1.82) is 0 Å². The van der Waals surface area contributed by atoms with Crippen molar-refractivity contribution < 1.29 is 4.79 Å². The molecule has 0 aliphatic carbocycles. The van der Waals surface area contributed by atoms with Crippen molar-refractivity contribution in [1.82, 2.24) is 5.32 Å². The van der Waals surface area contributed by atoms with Crippen LogP contribution in [0.15, 0.2) is 11.6 Å². The fourth-order valence-corrected chi connectivity index (χ4v) is 0.752. The molecule has 0 unspecified atom stereocenters. The maximum atomic E-state index is 10.1. The Morgan fingerprint density at radius 3 is 2.73 bits per heavy atom. The van der Waals surface area contributed by atoms with Crippen molar-refractivity contribution >= 4 is 6.29 Å². The first kappa shape index (κ1) is 10.4. The average molecular weight is 155 g/mol. The van der Waals surface area contributed by atoms with Crippen LogP contribution in [-0.2, 0) is 4.79 Å². The summed E-state index contributed by atoms with van der Waals surface area (Å²) in [5, 5.41) is 3.25. The molecule has 11 heavy (non-hydrogen) atoms. The van der Waals surface area contributed by atoms with Crippen LogP contribution >= 0.6 is 0 Å². The van der Waals surface area contributed by atoms with Gasteiger partial charge in [-0.15, -0.1) is 0 Å². The number of hydrogen-bond acceptors (Lipinski definition) is 2. The smallest absolute Gasteiger partial charge is 0.145 e. The predicted octanol–water partition coefficient (Wildman–Crippen LogP) is 1.52. The number of rotatable bonds is 6. The molecule has 0 fully saturated rings. The molecule has 2 heteroatoms. The Morgan fingerprint density at radius 1 is 1.45 bits per heavy atom. The maximum Gasteiger partial charge on any atom is 0.145 e. The molecule has 0 aliphatic rings. The summed E-state index contributed by atoms with van der Waals surface area (Å²) < 4.78 is 0. The van der Waals surface area contributed by atoms with E-state index >= 15 is 0 Å². The van der Waals surface area contributed by atoms with Gasteiger partial charge in [0.25, 0.3) is 0 Å². The zero-order valence-electron chi connectivity index (χ0n) is 7.39. The van der Waals surface area contributed by atoms with Gasteiger partial charge < -0.3 is 5.32 Å². The third kappa shape index (κ3) is 7.26. The topological polar surface area (TPSA) is 29.1 Å². The van der Waals surface area contributed by atoms with Gasteiger partial charge in [0.1, 0.15) is 6.29 Å². The molecule has 0 aromatic rings. The Bertz CT molecular complexity index is 130. The minimum Gasteiger partial charge on any atom is -0.316 e. The van der Waals surface area contributed by atoms with Gasteiger partial charge in [-0.3, -0.25) is 4.79 Å². The zero-order chi connectivity index (χ0) is 8.53. The van der Waals surface area contributed by atoms with Crippen LogP contribution in [0.25, 0.3) is 0 Å². The van der Waals surface area contributed by atoms with E-state index in [4.69, 9.17) is 0 Å². The van der Waals surface area contributed by atoms with Crippen LogP contribution in [-0.4, -0.2) is 19.4 Å². The van der Waals surface area contributed by atoms with Gasteiger partial charge in [-0.1, -0.05) is 13.0 Å². The summed E-state index contributed by atoms with van der Waals surface area (Å²) >= 11 is 0. The molecule has 0 heterocycles. The first-order valence-corrected chi connectivity index (χ1v) is 4.14. The lowest BCUT2D eigenvalue weighted by atomic mass is 10.2. The number of carbonyl (C=O) groups excluding carboxylic acids is 1. The lowest BCUT2D eigenvalue weighted by Gasteiger charge is -1.98. The van der Waals surface area contributed by atoms with Gasteiger partial charge >= 0.3 is 0 Å². The van der Waals surface area contributed by atoms with Crippen LogP contribution in [0.5, 0.6) is 0 Å². The van der Waals surface area contributed by atoms with Crippen LogP contribution in [0.2, 0.25) is 0 Å². The van der Waals surface area contributed by atoms with Gasteiger partial charge in [-0.2, -0.15) is 0 Å². The van der Waals surface area contributed by atoms with E-state index in [0.29, 0.717) is 0 Å². The van der Waals surface area contributed by atoms with Crippen LogP contribution in [0, 0.1) is 0 Å². The summed E-state index contributed by atoms with van der Waals surface area (Å²) in [6.07, 6.45) is 4.95. The third-order valence-electron chi connectivity index (χ3n) is 1.40. The van der Waals surface area contributed by atoms with Crippen LogP contribution in [0.3, 0.4) is 0 Å². The van der Waals surface area contributed by atoms with Gasteiger partial charge in [-0.05, 0) is 38.4 Å². The normalized spacial score (nSPS) is 11.6. The first-order valence-electron chi connectivity index (χ1n) is 4.14. The SMILES string of the molecule is CCCNCCC=C(C)C=O. The van der Waals surface area contributed by atoms with Gasteiger partial charge in [-0.25, -0.2) is 0 Å². The lowest BCUT2D eigenvalue weighted by Crippen LogP contribution is -2.15. The fraction of sp³-hybridized carbons (Fsp3) is 0.667. The number of aldehydes is 1. The van der Waals surface area contributed by atoms with Gasteiger partial charge in [0.05, 0.1) is 0 Å². The number of allylic oxidation sites excluding steroid dienone is 1. The van der Waals surface area contributed by atoms with Crippen molar-refractivity contribution in [3.63, 3.8) is 0 Å². The summed E-state index contributed by atoms with van der Waals surface area (Å²) in [7, 11) is 0. The van der Waals surface area contributed by atoms with E-state index < -0.39 is 0 Å². The van der Waals surface area contributed by atoms with E-state index in [1.165, 1.54) is 0 Å². The standard InChI is InChI=1S/C9H17NO/c1-3-6-10-7-4-5-9(2)8-11/h5,8,10H,3-4,6-7H2,1-2H3. The second kappa shape index (κ2) is 7.48. The summed E-state index contributed by atoms with van der Waals surface area (Å²) in [5.41, 5.74) is 0.822. The average Bonchev–Trinajstić information content (AvgIpc) is 2.04. The fourth-order valence-electron chi connectivity index (χ4n) is 0.752. The van der Waals surface area contributed by atoms with Gasteiger partial charge in [0.15, 0.2) is 0 Å². The number of carbonyl (C=O) groups is 1. The van der Waals surface area contributed by atoms with Gasteiger partial charge in [0.2, 0.25) is 0 Å². The molecule has 0 aliphatic heterocycles. The predicted molar refractivity (Wildman–Crippen MR) is 47.6 cm³/mol. The Hall–Kier alpha value is -0.630. The largest absolute Gasteiger partial charge is 0.316 e. The molecule has 0 atom stereocenters. The van der Waals surface area contributed by atoms with Crippen molar-refractivity contribution in [2.45, 2.75) is 26.7 Å². The summed E-state index contributed by atoms with van der Waals surface area (Å²) in [6, 6.07) is 0. The molecule has 0 spiro atoms. The molecule has 0 aromatic heterocycles. The van der Waals surface area contributed by atoms with Crippen LogP contribution in [0.4, 0.5) is 0 Å². The molecule has 0 saturated heterocycles. The van der Waals surface area contributed by atoms with Crippen molar-refractivity contribution in [3.8, 4) is 0 Å². The highest BCUT2D eigenvalue weighted by Gasteiger charge is 1.84. The Morgan fingerprint density at radius 2 is 2.18 bits per heavy atom. The maximum absolute atomic E-state index is 10.1. The monoisotopic (exact) mass is 155 g/mol. The Labute approximate surface area is 68.7 Å². The zero-order valence-corrected chi connectivity index (χ0v) is 7.39. The van der Waals surface area contributed by atoms with E-state index in [9.17, 15) is 4.79 Å².